The topological polar surface area (TPSA) is 43.6 Å². The summed E-state index contributed by atoms with van der Waals surface area (Å²) in [6, 6.07) is 3.38. The molecule has 0 aliphatic heterocycles. The van der Waals surface area contributed by atoms with Gasteiger partial charge in [0.15, 0.2) is 0 Å². The van der Waals surface area contributed by atoms with Crippen LogP contribution in [0, 0.1) is 0 Å². The molecule has 0 unspecified atom stereocenters. The van der Waals surface area contributed by atoms with Crippen molar-refractivity contribution in [3.05, 3.63) is 34.9 Å². The molecule has 0 radical (unpaired) electrons. The number of nitrogens with zero attached hydrogens (tertiary/aromatic N) is 2. The number of carbonyl (C=O) groups is 1. The minimum Gasteiger partial charge on any atom is -0.464 e. The summed E-state index contributed by atoms with van der Waals surface area (Å²) in [7, 11) is 1.34. The molecule has 90 valence electrons. The second-order valence-electron chi connectivity index (χ2n) is 4.09. The lowest BCUT2D eigenvalue weighted by Crippen LogP contribution is -2.07. The number of carbonyl (C=O) groups excluding carboxylic acids is 1. The average Bonchev–Trinajstić information content (AvgIpc) is 2.70. The molecule has 0 aromatic carbocycles. The zero-order chi connectivity index (χ0) is 12.6. The Bertz CT molecular complexity index is 575. The molecule has 17 heavy (non-hydrogen) atoms. The van der Waals surface area contributed by atoms with Gasteiger partial charge in [0, 0.05) is 5.02 Å². The first-order valence-corrected chi connectivity index (χ1v) is 5.67. The number of imidazole rings is 1. The van der Waals surface area contributed by atoms with Crippen LogP contribution in [0.1, 0.15) is 35.9 Å². The zero-order valence-corrected chi connectivity index (χ0v) is 10.7. The smallest absolute Gasteiger partial charge is 0.355 e. The van der Waals surface area contributed by atoms with Gasteiger partial charge in [0.2, 0.25) is 0 Å². The van der Waals surface area contributed by atoms with Crippen LogP contribution in [-0.2, 0) is 4.74 Å². The molecule has 2 aromatic rings. The molecule has 2 rings (SSSR count). The fourth-order valence-corrected chi connectivity index (χ4v) is 1.99. The van der Waals surface area contributed by atoms with Crippen molar-refractivity contribution in [3.8, 4) is 0 Å². The maximum Gasteiger partial charge on any atom is 0.355 e. The van der Waals surface area contributed by atoms with Gasteiger partial charge < -0.3 is 4.74 Å². The lowest BCUT2D eigenvalue weighted by Gasteiger charge is -2.06. The highest BCUT2D eigenvalue weighted by molar-refractivity contribution is 6.31. The predicted octanol–water partition coefficient (Wildman–Crippen LogP) is 2.90. The van der Waals surface area contributed by atoms with Gasteiger partial charge in [-0.1, -0.05) is 25.4 Å². The highest BCUT2D eigenvalue weighted by atomic mass is 35.5. The SMILES string of the molecule is COC(=O)c1cc(Cl)cc2c(C(C)C)ncn12. The molecule has 4 nitrogen and oxygen atoms in total. The Kier molecular flexibility index (Phi) is 3.07. The minimum absolute atomic E-state index is 0.268. The maximum absolute atomic E-state index is 11.6. The Hall–Kier alpha value is -1.55. The summed E-state index contributed by atoms with van der Waals surface area (Å²) in [5.74, 6) is -0.158. The number of fused-ring (bicyclic) bond motifs is 1. The molecule has 0 saturated heterocycles. The number of ether oxygens (including phenoxy) is 1. The predicted molar refractivity (Wildman–Crippen MR) is 65.6 cm³/mol. The number of rotatable bonds is 2. The number of methoxy groups -OCH3 is 1. The Balaban J connectivity index is 2.74. The normalized spacial score (nSPS) is 11.1. The third-order valence-electron chi connectivity index (χ3n) is 2.58. The number of esters is 1. The summed E-state index contributed by atoms with van der Waals surface area (Å²) in [4.78, 5) is 15.9. The monoisotopic (exact) mass is 252 g/mol. The van der Waals surface area contributed by atoms with Crippen LogP contribution < -0.4 is 0 Å². The molecule has 2 heterocycles. The Labute approximate surface area is 104 Å². The Morgan fingerprint density at radius 1 is 1.47 bits per heavy atom. The fraction of sp³-hybridized carbons (Fsp3) is 0.333. The van der Waals surface area contributed by atoms with Crippen molar-refractivity contribution < 1.29 is 9.53 Å². The third kappa shape index (κ3) is 2.00. The fourth-order valence-electron chi connectivity index (χ4n) is 1.79. The molecule has 0 aliphatic rings. The van der Waals surface area contributed by atoms with Crippen molar-refractivity contribution >= 4 is 23.1 Å². The number of pyridine rings is 1. The van der Waals surface area contributed by atoms with Gasteiger partial charge in [-0.3, -0.25) is 4.40 Å². The maximum atomic E-state index is 11.6. The van der Waals surface area contributed by atoms with Gasteiger partial charge in [-0.05, 0) is 18.1 Å². The summed E-state index contributed by atoms with van der Waals surface area (Å²) in [5, 5.41) is 0.500. The van der Waals surface area contributed by atoms with Crippen LogP contribution in [0.4, 0.5) is 0 Å². The van der Waals surface area contributed by atoms with E-state index in [0.717, 1.165) is 11.2 Å². The van der Waals surface area contributed by atoms with E-state index in [1.807, 2.05) is 13.8 Å². The summed E-state index contributed by atoms with van der Waals surface area (Å²) in [6.07, 6.45) is 1.62. The summed E-state index contributed by atoms with van der Waals surface area (Å²) < 4.78 is 6.42. The number of hydrogen-bond donors (Lipinski definition) is 0. The number of aromatic nitrogens is 2. The van der Waals surface area contributed by atoms with Crippen LogP contribution in [0.5, 0.6) is 0 Å². The van der Waals surface area contributed by atoms with E-state index >= 15 is 0 Å². The van der Waals surface area contributed by atoms with Gasteiger partial charge in [-0.15, -0.1) is 0 Å². The van der Waals surface area contributed by atoms with Gasteiger partial charge >= 0.3 is 5.97 Å². The highest BCUT2D eigenvalue weighted by Gasteiger charge is 2.16. The lowest BCUT2D eigenvalue weighted by atomic mass is 10.1. The molecule has 0 spiro atoms. The molecular formula is C12H13ClN2O2. The summed E-state index contributed by atoms with van der Waals surface area (Å²) in [6.45, 7) is 4.09. The largest absolute Gasteiger partial charge is 0.464 e. The van der Waals surface area contributed by atoms with Crippen LogP contribution in [0.15, 0.2) is 18.5 Å². The van der Waals surface area contributed by atoms with E-state index in [9.17, 15) is 4.79 Å². The van der Waals surface area contributed by atoms with Crippen molar-refractivity contribution in [1.82, 2.24) is 9.38 Å². The second kappa shape index (κ2) is 4.37. The van der Waals surface area contributed by atoms with Crippen LogP contribution >= 0.6 is 11.6 Å². The Morgan fingerprint density at radius 2 is 2.18 bits per heavy atom. The molecule has 0 atom stereocenters. The van der Waals surface area contributed by atoms with Crippen molar-refractivity contribution in [2.24, 2.45) is 0 Å². The van der Waals surface area contributed by atoms with Crippen LogP contribution in [-0.4, -0.2) is 22.5 Å². The van der Waals surface area contributed by atoms with E-state index in [1.165, 1.54) is 7.11 Å². The van der Waals surface area contributed by atoms with Gasteiger partial charge in [-0.25, -0.2) is 9.78 Å². The molecular weight excluding hydrogens is 240 g/mol. The minimum atomic E-state index is -0.426. The average molecular weight is 253 g/mol. The Morgan fingerprint density at radius 3 is 2.76 bits per heavy atom. The molecule has 0 amide bonds. The standard InChI is InChI=1S/C12H13ClN2O2/c1-7(2)11-9-4-8(13)5-10(12(16)17-3)15(9)6-14-11/h4-7H,1-3H3. The second-order valence-corrected chi connectivity index (χ2v) is 4.53. The molecule has 5 heteroatoms. The zero-order valence-electron chi connectivity index (χ0n) is 9.90. The molecule has 0 bridgehead atoms. The van der Waals surface area contributed by atoms with Crippen molar-refractivity contribution in [1.29, 1.82) is 0 Å². The van der Waals surface area contributed by atoms with Gasteiger partial charge in [0.1, 0.15) is 12.0 Å². The van der Waals surface area contributed by atoms with E-state index < -0.39 is 5.97 Å². The summed E-state index contributed by atoms with van der Waals surface area (Å²) >= 11 is 6.01. The van der Waals surface area contributed by atoms with Crippen molar-refractivity contribution in [2.45, 2.75) is 19.8 Å². The number of halogens is 1. The van der Waals surface area contributed by atoms with Gasteiger partial charge in [0.05, 0.1) is 18.3 Å². The first-order valence-electron chi connectivity index (χ1n) is 5.29. The van der Waals surface area contributed by atoms with Crippen LogP contribution in [0.2, 0.25) is 5.02 Å². The highest BCUT2D eigenvalue weighted by Crippen LogP contribution is 2.24. The molecule has 0 N–H and O–H groups in total. The van der Waals surface area contributed by atoms with E-state index in [4.69, 9.17) is 16.3 Å². The van der Waals surface area contributed by atoms with Gasteiger partial charge in [0.25, 0.3) is 0 Å². The molecule has 2 aromatic heterocycles. The van der Waals surface area contributed by atoms with Crippen LogP contribution in [0.25, 0.3) is 5.52 Å². The molecule has 0 fully saturated rings. The van der Waals surface area contributed by atoms with Crippen LogP contribution in [0.3, 0.4) is 0 Å². The first kappa shape index (κ1) is 11.9. The van der Waals surface area contributed by atoms with E-state index in [2.05, 4.69) is 4.98 Å². The van der Waals surface area contributed by atoms with E-state index in [-0.39, 0.29) is 5.92 Å². The van der Waals surface area contributed by atoms with E-state index in [1.54, 1.807) is 22.9 Å². The first-order chi connectivity index (χ1) is 8.04. The lowest BCUT2D eigenvalue weighted by molar-refractivity contribution is 0.0592. The van der Waals surface area contributed by atoms with Gasteiger partial charge in [-0.2, -0.15) is 0 Å². The summed E-state index contributed by atoms with van der Waals surface area (Å²) in [5.41, 5.74) is 2.14. The quantitative estimate of drug-likeness (QED) is 0.772. The molecule has 0 aliphatic carbocycles. The van der Waals surface area contributed by atoms with Crippen molar-refractivity contribution in [2.75, 3.05) is 7.11 Å². The third-order valence-corrected chi connectivity index (χ3v) is 2.80. The number of hydrogen-bond acceptors (Lipinski definition) is 3. The molecule has 0 saturated carbocycles. The van der Waals surface area contributed by atoms with E-state index in [0.29, 0.717) is 10.7 Å². The van der Waals surface area contributed by atoms with Crippen molar-refractivity contribution in [3.63, 3.8) is 0 Å².